The Morgan fingerprint density at radius 2 is 2.00 bits per heavy atom. The lowest BCUT2D eigenvalue weighted by atomic mass is 10.1. The van der Waals surface area contributed by atoms with Crippen LogP contribution in [0.1, 0.15) is 36.1 Å². The van der Waals surface area contributed by atoms with Gasteiger partial charge in [0.05, 0.1) is 5.69 Å². The molecule has 6 nitrogen and oxygen atoms in total. The third kappa shape index (κ3) is 4.26. The lowest BCUT2D eigenvalue weighted by Crippen LogP contribution is -2.38. The molecule has 0 saturated heterocycles. The van der Waals surface area contributed by atoms with Gasteiger partial charge in [-0.05, 0) is 25.8 Å². The molecule has 0 aliphatic carbocycles. The Balaban J connectivity index is 1.50. The molecule has 1 N–H and O–H groups in total. The Morgan fingerprint density at radius 1 is 1.16 bits per heavy atom. The van der Waals surface area contributed by atoms with Crippen molar-refractivity contribution in [3.05, 3.63) is 47.2 Å². The van der Waals surface area contributed by atoms with Crippen LogP contribution < -0.4 is 10.2 Å². The van der Waals surface area contributed by atoms with Crippen molar-refractivity contribution in [3.63, 3.8) is 0 Å². The summed E-state index contributed by atoms with van der Waals surface area (Å²) in [5.74, 6) is 0.719. The molecule has 0 radical (unpaired) electrons. The smallest absolute Gasteiger partial charge is 0.228 e. The van der Waals surface area contributed by atoms with E-state index in [0.29, 0.717) is 13.1 Å². The summed E-state index contributed by atoms with van der Waals surface area (Å²) in [4.78, 5) is 26.3. The summed E-state index contributed by atoms with van der Waals surface area (Å²) < 4.78 is 1.87. The number of carbonyl (C=O) groups is 2. The Bertz CT molecular complexity index is 781. The van der Waals surface area contributed by atoms with Crippen LogP contribution in [-0.2, 0) is 22.7 Å². The minimum Gasteiger partial charge on any atom is -0.352 e. The lowest BCUT2D eigenvalue weighted by molar-refractivity contribution is -0.125. The van der Waals surface area contributed by atoms with E-state index in [1.54, 1.807) is 4.90 Å². The predicted molar refractivity (Wildman–Crippen MR) is 96.2 cm³/mol. The van der Waals surface area contributed by atoms with Crippen LogP contribution in [0.4, 0.5) is 5.82 Å². The third-order valence-electron chi connectivity index (χ3n) is 4.35. The quantitative estimate of drug-likeness (QED) is 0.908. The van der Waals surface area contributed by atoms with Gasteiger partial charge in [0, 0.05) is 38.5 Å². The highest BCUT2D eigenvalue weighted by atomic mass is 16.2. The van der Waals surface area contributed by atoms with Crippen LogP contribution in [0.25, 0.3) is 0 Å². The molecule has 25 heavy (non-hydrogen) atoms. The Hall–Kier alpha value is -2.63. The van der Waals surface area contributed by atoms with Gasteiger partial charge in [-0.1, -0.05) is 29.8 Å². The largest absolute Gasteiger partial charge is 0.352 e. The van der Waals surface area contributed by atoms with Crippen LogP contribution in [0, 0.1) is 13.8 Å². The second-order valence-electron chi connectivity index (χ2n) is 6.53. The first-order valence-corrected chi connectivity index (χ1v) is 8.70. The SMILES string of the molecule is Cc1cccc(CNC(=O)CCC(=O)N2CCCn3nc(C)cc32)c1. The summed E-state index contributed by atoms with van der Waals surface area (Å²) in [5.41, 5.74) is 3.14. The topological polar surface area (TPSA) is 67.2 Å². The fourth-order valence-corrected chi connectivity index (χ4v) is 3.13. The second-order valence-corrected chi connectivity index (χ2v) is 6.53. The van der Waals surface area contributed by atoms with E-state index in [0.717, 1.165) is 30.0 Å². The molecule has 3 rings (SSSR count). The summed E-state index contributed by atoms with van der Waals surface area (Å²) in [6.07, 6.45) is 1.30. The summed E-state index contributed by atoms with van der Waals surface area (Å²) in [6, 6.07) is 9.95. The van der Waals surface area contributed by atoms with Crippen molar-refractivity contribution in [3.8, 4) is 0 Å². The Kier molecular flexibility index (Phi) is 5.16. The van der Waals surface area contributed by atoms with E-state index in [1.165, 1.54) is 5.56 Å². The van der Waals surface area contributed by atoms with Crippen LogP contribution in [0.3, 0.4) is 0 Å². The van der Waals surface area contributed by atoms with Gasteiger partial charge < -0.3 is 5.32 Å². The Labute approximate surface area is 147 Å². The highest BCUT2D eigenvalue weighted by Crippen LogP contribution is 2.22. The minimum atomic E-state index is -0.100. The molecule has 0 bridgehead atoms. The third-order valence-corrected chi connectivity index (χ3v) is 4.35. The number of hydrogen-bond donors (Lipinski definition) is 1. The maximum Gasteiger partial charge on any atom is 0.228 e. The summed E-state index contributed by atoms with van der Waals surface area (Å²) in [6.45, 7) is 5.96. The van der Waals surface area contributed by atoms with Gasteiger partial charge in [-0.3, -0.25) is 14.5 Å². The number of rotatable bonds is 5. The van der Waals surface area contributed by atoms with Gasteiger partial charge in [0.15, 0.2) is 0 Å². The number of aryl methyl sites for hydroxylation is 3. The van der Waals surface area contributed by atoms with Crippen molar-refractivity contribution in [2.24, 2.45) is 0 Å². The number of aromatic nitrogens is 2. The average Bonchev–Trinajstić information content (AvgIpc) is 2.98. The first kappa shape index (κ1) is 17.2. The van der Waals surface area contributed by atoms with Crippen molar-refractivity contribution in [2.45, 2.75) is 46.2 Å². The first-order chi connectivity index (χ1) is 12.0. The number of carbonyl (C=O) groups excluding carboxylic acids is 2. The minimum absolute atomic E-state index is 0.0217. The van der Waals surface area contributed by atoms with Gasteiger partial charge in [0.25, 0.3) is 0 Å². The van der Waals surface area contributed by atoms with Gasteiger partial charge in [0.1, 0.15) is 5.82 Å². The number of anilines is 1. The molecule has 1 aromatic heterocycles. The van der Waals surface area contributed by atoms with E-state index < -0.39 is 0 Å². The molecule has 2 aromatic rings. The molecule has 6 heteroatoms. The molecule has 2 heterocycles. The molecule has 1 aromatic carbocycles. The maximum absolute atomic E-state index is 12.5. The van der Waals surface area contributed by atoms with Crippen molar-refractivity contribution in [2.75, 3.05) is 11.4 Å². The average molecular weight is 340 g/mol. The van der Waals surface area contributed by atoms with Crippen molar-refractivity contribution >= 4 is 17.6 Å². The summed E-state index contributed by atoms with van der Waals surface area (Å²) >= 11 is 0. The van der Waals surface area contributed by atoms with Gasteiger partial charge >= 0.3 is 0 Å². The number of fused-ring (bicyclic) bond motifs is 1. The highest BCUT2D eigenvalue weighted by Gasteiger charge is 2.24. The van der Waals surface area contributed by atoms with Crippen LogP contribution in [-0.4, -0.2) is 28.1 Å². The monoisotopic (exact) mass is 340 g/mol. The van der Waals surface area contributed by atoms with Crippen LogP contribution in [0.5, 0.6) is 0 Å². The number of benzene rings is 1. The molecule has 0 fully saturated rings. The molecule has 0 saturated carbocycles. The van der Waals surface area contributed by atoms with E-state index in [-0.39, 0.29) is 24.7 Å². The van der Waals surface area contributed by atoms with E-state index in [1.807, 2.05) is 48.9 Å². The van der Waals surface area contributed by atoms with Crippen LogP contribution in [0.15, 0.2) is 30.3 Å². The number of nitrogens with zero attached hydrogens (tertiary/aromatic N) is 3. The first-order valence-electron chi connectivity index (χ1n) is 8.70. The number of hydrogen-bond acceptors (Lipinski definition) is 3. The second kappa shape index (κ2) is 7.51. The molecule has 132 valence electrons. The number of nitrogens with one attached hydrogen (secondary N) is 1. The molecule has 1 aliphatic heterocycles. The molecular formula is C19H24N4O2. The molecule has 0 atom stereocenters. The van der Waals surface area contributed by atoms with E-state index in [9.17, 15) is 9.59 Å². The predicted octanol–water partition coefficient (Wildman–Crippen LogP) is 2.33. The zero-order valence-electron chi connectivity index (χ0n) is 14.8. The number of amides is 2. The molecule has 1 aliphatic rings. The molecule has 0 unspecified atom stereocenters. The fourth-order valence-electron chi connectivity index (χ4n) is 3.13. The van der Waals surface area contributed by atoms with E-state index >= 15 is 0 Å². The van der Waals surface area contributed by atoms with Gasteiger partial charge in [-0.25, -0.2) is 4.68 Å². The van der Waals surface area contributed by atoms with Gasteiger partial charge in [0.2, 0.25) is 11.8 Å². The van der Waals surface area contributed by atoms with Gasteiger partial charge in [-0.2, -0.15) is 5.10 Å². The van der Waals surface area contributed by atoms with E-state index in [4.69, 9.17) is 0 Å². The van der Waals surface area contributed by atoms with Crippen molar-refractivity contribution in [1.29, 1.82) is 0 Å². The summed E-state index contributed by atoms with van der Waals surface area (Å²) in [7, 11) is 0. The van der Waals surface area contributed by atoms with E-state index in [2.05, 4.69) is 10.4 Å². The molecular weight excluding hydrogens is 316 g/mol. The highest BCUT2D eigenvalue weighted by molar-refractivity contribution is 5.95. The van der Waals surface area contributed by atoms with Crippen molar-refractivity contribution < 1.29 is 9.59 Å². The van der Waals surface area contributed by atoms with Crippen LogP contribution in [0.2, 0.25) is 0 Å². The molecule has 2 amide bonds. The zero-order chi connectivity index (χ0) is 17.8. The lowest BCUT2D eigenvalue weighted by Gasteiger charge is -2.27. The molecule has 0 spiro atoms. The van der Waals surface area contributed by atoms with Crippen LogP contribution >= 0.6 is 0 Å². The fraction of sp³-hybridized carbons (Fsp3) is 0.421. The van der Waals surface area contributed by atoms with Crippen molar-refractivity contribution in [1.82, 2.24) is 15.1 Å². The van der Waals surface area contributed by atoms with Gasteiger partial charge in [-0.15, -0.1) is 0 Å². The zero-order valence-corrected chi connectivity index (χ0v) is 14.8. The summed E-state index contributed by atoms with van der Waals surface area (Å²) in [5, 5.41) is 7.27. The maximum atomic E-state index is 12.5. The Morgan fingerprint density at radius 3 is 2.80 bits per heavy atom. The normalized spacial score (nSPS) is 13.4. The standard InChI is InChI=1S/C19H24N4O2/c1-14-5-3-6-16(11-14)13-20-17(24)7-8-19(25)22-9-4-10-23-18(22)12-15(2)21-23/h3,5-6,11-12H,4,7-10,13H2,1-2H3,(H,20,24).